The average molecular weight is 380 g/mol. The molecule has 0 N–H and O–H groups in total. The van der Waals surface area contributed by atoms with Crippen molar-refractivity contribution in [3.63, 3.8) is 0 Å². The topological polar surface area (TPSA) is 23.6 Å². The van der Waals surface area contributed by atoms with Gasteiger partial charge in [0.25, 0.3) is 5.91 Å². The van der Waals surface area contributed by atoms with E-state index < -0.39 is 0 Å². The summed E-state index contributed by atoms with van der Waals surface area (Å²) in [5.41, 5.74) is 1.85. The first-order valence-corrected chi connectivity index (χ1v) is 8.36. The van der Waals surface area contributed by atoms with Gasteiger partial charge in [0.2, 0.25) is 0 Å². The first-order valence-electron chi connectivity index (χ1n) is 7.19. The predicted octanol–water partition coefficient (Wildman–Crippen LogP) is 4.06. The van der Waals surface area contributed by atoms with Crippen molar-refractivity contribution in [2.45, 2.75) is 0 Å². The van der Waals surface area contributed by atoms with Crippen molar-refractivity contribution in [1.29, 1.82) is 0 Å². The van der Waals surface area contributed by atoms with Crippen molar-refractivity contribution in [3.05, 3.63) is 63.6 Å². The number of nitrogens with zero attached hydrogens (tertiary/aromatic N) is 2. The van der Waals surface area contributed by atoms with Crippen LogP contribution in [0.5, 0.6) is 0 Å². The summed E-state index contributed by atoms with van der Waals surface area (Å²) in [6.07, 6.45) is 0. The van der Waals surface area contributed by atoms with Crippen LogP contribution in [0.25, 0.3) is 0 Å². The molecule has 0 radical (unpaired) electrons. The largest absolute Gasteiger partial charge is 0.368 e. The van der Waals surface area contributed by atoms with Gasteiger partial charge in [0.05, 0.1) is 0 Å². The zero-order chi connectivity index (χ0) is 15.5. The number of amides is 1. The predicted molar refractivity (Wildman–Crippen MR) is 93.7 cm³/mol. The Kier molecular flexibility index (Phi) is 4.69. The molecule has 5 heteroatoms. The van der Waals surface area contributed by atoms with E-state index in [0.29, 0.717) is 0 Å². The van der Waals surface area contributed by atoms with Crippen molar-refractivity contribution >= 4 is 39.1 Å². The molecule has 0 spiro atoms. The number of hydrogen-bond acceptors (Lipinski definition) is 2. The molecule has 1 aliphatic rings. The van der Waals surface area contributed by atoms with E-state index in [1.807, 2.05) is 47.4 Å². The number of benzene rings is 2. The second-order valence-corrected chi connectivity index (χ2v) is 6.62. The van der Waals surface area contributed by atoms with E-state index in [4.69, 9.17) is 11.6 Å². The molecule has 3 nitrogen and oxygen atoms in total. The molecule has 22 heavy (non-hydrogen) atoms. The number of carbonyl (C=O) groups is 1. The molecule has 0 aromatic heterocycles. The zero-order valence-corrected chi connectivity index (χ0v) is 14.3. The van der Waals surface area contributed by atoms with Gasteiger partial charge in [0.15, 0.2) is 0 Å². The van der Waals surface area contributed by atoms with Crippen LogP contribution in [0.15, 0.2) is 53.0 Å². The van der Waals surface area contributed by atoms with Crippen molar-refractivity contribution in [1.82, 2.24) is 4.90 Å². The zero-order valence-electron chi connectivity index (χ0n) is 12.0. The lowest BCUT2D eigenvalue weighted by Crippen LogP contribution is -2.48. The summed E-state index contributed by atoms with van der Waals surface area (Å²) in [7, 11) is 0. The van der Waals surface area contributed by atoms with Crippen LogP contribution < -0.4 is 4.90 Å². The van der Waals surface area contributed by atoms with Crippen molar-refractivity contribution in [2.24, 2.45) is 0 Å². The maximum absolute atomic E-state index is 12.5. The Balaban J connectivity index is 1.64. The van der Waals surface area contributed by atoms with Gasteiger partial charge in [0, 0.05) is 46.9 Å². The fraction of sp³-hybridized carbons (Fsp3) is 0.235. The monoisotopic (exact) mass is 378 g/mol. The molecule has 114 valence electrons. The summed E-state index contributed by atoms with van der Waals surface area (Å²) in [6.45, 7) is 3.09. The molecule has 1 heterocycles. The summed E-state index contributed by atoms with van der Waals surface area (Å²) in [5, 5.41) is 0.742. The third-order valence-electron chi connectivity index (χ3n) is 3.83. The number of anilines is 1. The molecule has 0 saturated carbocycles. The van der Waals surface area contributed by atoms with E-state index in [1.54, 1.807) is 0 Å². The Bertz CT molecular complexity index is 667. The highest BCUT2D eigenvalue weighted by atomic mass is 79.9. The molecule has 1 fully saturated rings. The van der Waals surface area contributed by atoms with Crippen LogP contribution in [0.3, 0.4) is 0 Å². The van der Waals surface area contributed by atoms with Crippen LogP contribution in [0, 0.1) is 0 Å². The molecule has 2 aromatic rings. The third kappa shape index (κ3) is 3.45. The number of hydrogen-bond donors (Lipinski definition) is 0. The van der Waals surface area contributed by atoms with Crippen LogP contribution in [0.4, 0.5) is 5.69 Å². The van der Waals surface area contributed by atoms with Gasteiger partial charge in [-0.3, -0.25) is 4.79 Å². The Morgan fingerprint density at radius 2 is 1.68 bits per heavy atom. The van der Waals surface area contributed by atoms with Gasteiger partial charge < -0.3 is 9.80 Å². The number of piperazine rings is 1. The molecule has 3 rings (SSSR count). The van der Waals surface area contributed by atoms with Gasteiger partial charge in [-0.25, -0.2) is 0 Å². The third-order valence-corrected chi connectivity index (χ3v) is 4.60. The van der Waals surface area contributed by atoms with Crippen LogP contribution in [-0.2, 0) is 0 Å². The van der Waals surface area contributed by atoms with E-state index in [0.717, 1.165) is 46.9 Å². The van der Waals surface area contributed by atoms with Crippen LogP contribution in [-0.4, -0.2) is 37.0 Å². The molecule has 0 aliphatic carbocycles. The van der Waals surface area contributed by atoms with Gasteiger partial charge in [-0.15, -0.1) is 0 Å². The summed E-state index contributed by atoms with van der Waals surface area (Å²) >= 11 is 9.43. The number of rotatable bonds is 2. The van der Waals surface area contributed by atoms with Gasteiger partial charge in [-0.1, -0.05) is 33.6 Å². The van der Waals surface area contributed by atoms with Crippen molar-refractivity contribution in [2.75, 3.05) is 31.1 Å². The van der Waals surface area contributed by atoms with Gasteiger partial charge >= 0.3 is 0 Å². The Morgan fingerprint density at radius 1 is 1.00 bits per heavy atom. The lowest BCUT2D eigenvalue weighted by molar-refractivity contribution is 0.0747. The summed E-state index contributed by atoms with van der Waals surface area (Å²) in [4.78, 5) is 16.6. The standard InChI is InChI=1S/C17H16BrClN2O/c18-14-6-4-13(5-7-14)17(22)21-10-8-20(9-11-21)16-3-1-2-15(19)12-16/h1-7,12H,8-11H2. The van der Waals surface area contributed by atoms with Crippen molar-refractivity contribution < 1.29 is 4.79 Å². The van der Waals surface area contributed by atoms with E-state index in [1.165, 1.54) is 0 Å². The van der Waals surface area contributed by atoms with E-state index in [9.17, 15) is 4.79 Å². The highest BCUT2D eigenvalue weighted by Gasteiger charge is 2.22. The summed E-state index contributed by atoms with van der Waals surface area (Å²) in [5.74, 6) is 0.0956. The minimum absolute atomic E-state index is 0.0956. The van der Waals surface area contributed by atoms with Gasteiger partial charge in [-0.2, -0.15) is 0 Å². The molecule has 1 aliphatic heterocycles. The smallest absolute Gasteiger partial charge is 0.253 e. The van der Waals surface area contributed by atoms with Crippen LogP contribution >= 0.6 is 27.5 Å². The molecular formula is C17H16BrClN2O. The number of carbonyl (C=O) groups excluding carboxylic acids is 1. The maximum atomic E-state index is 12.5. The van der Waals surface area contributed by atoms with Crippen molar-refractivity contribution in [3.8, 4) is 0 Å². The van der Waals surface area contributed by atoms with E-state index >= 15 is 0 Å². The summed E-state index contributed by atoms with van der Waals surface area (Å²) < 4.78 is 0.981. The Hall–Kier alpha value is -1.52. The lowest BCUT2D eigenvalue weighted by atomic mass is 10.1. The molecule has 2 aromatic carbocycles. The molecular weight excluding hydrogens is 364 g/mol. The van der Waals surface area contributed by atoms with Gasteiger partial charge in [0.1, 0.15) is 0 Å². The van der Waals surface area contributed by atoms with E-state index in [-0.39, 0.29) is 5.91 Å². The fourth-order valence-electron chi connectivity index (χ4n) is 2.62. The highest BCUT2D eigenvalue weighted by Crippen LogP contribution is 2.21. The first-order chi connectivity index (χ1) is 10.6. The Morgan fingerprint density at radius 3 is 2.32 bits per heavy atom. The quantitative estimate of drug-likeness (QED) is 0.785. The second kappa shape index (κ2) is 6.71. The minimum Gasteiger partial charge on any atom is -0.368 e. The molecule has 0 bridgehead atoms. The SMILES string of the molecule is O=C(c1ccc(Br)cc1)N1CCN(c2cccc(Cl)c2)CC1. The molecule has 1 saturated heterocycles. The molecule has 1 amide bonds. The van der Waals surface area contributed by atoms with Crippen LogP contribution in [0.2, 0.25) is 5.02 Å². The minimum atomic E-state index is 0.0956. The first kappa shape index (κ1) is 15.4. The van der Waals surface area contributed by atoms with Gasteiger partial charge in [-0.05, 0) is 42.5 Å². The maximum Gasteiger partial charge on any atom is 0.253 e. The number of halogens is 2. The molecule has 0 unspecified atom stereocenters. The average Bonchev–Trinajstić information content (AvgIpc) is 2.55. The summed E-state index contributed by atoms with van der Waals surface area (Å²) in [6, 6.07) is 15.4. The second-order valence-electron chi connectivity index (χ2n) is 5.27. The fourth-order valence-corrected chi connectivity index (χ4v) is 3.06. The lowest BCUT2D eigenvalue weighted by Gasteiger charge is -2.36. The molecule has 0 atom stereocenters. The highest BCUT2D eigenvalue weighted by molar-refractivity contribution is 9.10. The van der Waals surface area contributed by atoms with Crippen LogP contribution in [0.1, 0.15) is 10.4 Å². The Labute approximate surface area is 143 Å². The normalized spacial score (nSPS) is 15.0. The van der Waals surface area contributed by atoms with E-state index in [2.05, 4.69) is 26.9 Å².